The Kier molecular flexibility index (Phi) is 8.28. The smallest absolute Gasteiger partial charge is 0.301 e. The van der Waals surface area contributed by atoms with Crippen LogP contribution < -0.4 is 15.0 Å². The molecule has 3 aromatic rings. The van der Waals surface area contributed by atoms with E-state index >= 15 is 0 Å². The molecule has 2 N–H and O–H groups in total. The molecule has 41 heavy (non-hydrogen) atoms. The fourth-order valence-corrected chi connectivity index (χ4v) is 4.84. The normalized spacial score (nSPS) is 19.2. The Bertz CT molecular complexity index is 1420. The monoisotopic (exact) mass is 564 g/mol. The van der Waals surface area contributed by atoms with E-state index in [0.29, 0.717) is 30.4 Å². The molecule has 214 valence electrons. The number of carbonyl (C=O) groups is 1. The van der Waals surface area contributed by atoms with Crippen molar-refractivity contribution in [2.45, 2.75) is 31.5 Å². The molecule has 0 radical (unpaired) electrons. The first-order chi connectivity index (χ1) is 19.7. The largest absolute Gasteiger partial charge is 0.483 e. The lowest BCUT2D eigenvalue weighted by Crippen LogP contribution is -2.56. The molecule has 2 saturated heterocycles. The van der Waals surface area contributed by atoms with E-state index in [-0.39, 0.29) is 24.3 Å². The number of carbonyl (C=O) groups excluding carboxylic acids is 1. The van der Waals surface area contributed by atoms with Crippen LogP contribution in [0.4, 0.5) is 26.1 Å². The van der Waals surface area contributed by atoms with Gasteiger partial charge in [-0.05, 0) is 55.5 Å². The number of aliphatic hydroxyl groups is 1. The van der Waals surface area contributed by atoms with Gasteiger partial charge in [0, 0.05) is 49.2 Å². The fraction of sp³-hybridized carbons (Fsp3) is 0.379. The Balaban J connectivity index is 1.27. The van der Waals surface area contributed by atoms with Crippen molar-refractivity contribution in [3.05, 3.63) is 60.3 Å². The number of hydrogen-bond acceptors (Lipinski definition) is 9. The lowest BCUT2D eigenvalue weighted by Gasteiger charge is -2.38. The SMILES string of the molecule is CC(O)C(=O)N1CCC(Oc2ccc(-c3ccnc(Nc4ccc(N5CCOCC5)cc4)n3)cc2C#N)C(F)(F)C1. The fourth-order valence-electron chi connectivity index (χ4n) is 4.84. The van der Waals surface area contributed by atoms with E-state index in [1.54, 1.807) is 18.3 Å². The number of nitrogens with zero attached hydrogens (tertiary/aromatic N) is 5. The van der Waals surface area contributed by atoms with Gasteiger partial charge in [-0.2, -0.15) is 5.26 Å². The number of aliphatic hydroxyl groups excluding tert-OH is 1. The van der Waals surface area contributed by atoms with Crippen LogP contribution in [0.2, 0.25) is 0 Å². The van der Waals surface area contributed by atoms with Crippen molar-refractivity contribution in [1.29, 1.82) is 5.26 Å². The number of anilines is 3. The molecule has 0 saturated carbocycles. The van der Waals surface area contributed by atoms with Crippen molar-refractivity contribution in [2.24, 2.45) is 0 Å². The molecule has 0 bridgehead atoms. The average Bonchev–Trinajstić information content (AvgIpc) is 2.98. The molecule has 0 spiro atoms. The lowest BCUT2D eigenvalue weighted by molar-refractivity contribution is -0.165. The van der Waals surface area contributed by atoms with Gasteiger partial charge in [-0.25, -0.2) is 18.7 Å². The highest BCUT2D eigenvalue weighted by Gasteiger charge is 2.48. The Hall–Kier alpha value is -4.34. The molecule has 2 unspecified atom stereocenters. The topological polar surface area (TPSA) is 124 Å². The third-order valence-corrected chi connectivity index (χ3v) is 7.02. The zero-order valence-electron chi connectivity index (χ0n) is 22.5. The van der Waals surface area contributed by atoms with Crippen molar-refractivity contribution in [2.75, 3.05) is 49.6 Å². The van der Waals surface area contributed by atoms with Gasteiger partial charge in [-0.1, -0.05) is 0 Å². The molecule has 2 aliphatic heterocycles. The summed E-state index contributed by atoms with van der Waals surface area (Å²) < 4.78 is 40.7. The van der Waals surface area contributed by atoms with Gasteiger partial charge in [0.05, 0.1) is 31.0 Å². The van der Waals surface area contributed by atoms with Crippen molar-refractivity contribution in [1.82, 2.24) is 14.9 Å². The van der Waals surface area contributed by atoms with Crippen LogP contribution in [0.15, 0.2) is 54.7 Å². The first-order valence-corrected chi connectivity index (χ1v) is 13.3. The molecule has 2 atom stereocenters. The van der Waals surface area contributed by atoms with Crippen LogP contribution >= 0.6 is 0 Å². The zero-order chi connectivity index (χ0) is 29.0. The second kappa shape index (κ2) is 12.0. The van der Waals surface area contributed by atoms with Crippen LogP contribution in [0.1, 0.15) is 18.9 Å². The molecule has 2 aromatic carbocycles. The third kappa shape index (κ3) is 6.53. The van der Waals surface area contributed by atoms with Gasteiger partial charge >= 0.3 is 5.92 Å². The first-order valence-electron chi connectivity index (χ1n) is 13.3. The van der Waals surface area contributed by atoms with Crippen LogP contribution in [0, 0.1) is 11.3 Å². The minimum absolute atomic E-state index is 0.0105. The van der Waals surface area contributed by atoms with E-state index in [1.165, 1.54) is 19.1 Å². The summed E-state index contributed by atoms with van der Waals surface area (Å²) in [5.74, 6) is -3.74. The van der Waals surface area contributed by atoms with Gasteiger partial charge in [0.1, 0.15) is 17.9 Å². The summed E-state index contributed by atoms with van der Waals surface area (Å²) in [5, 5.41) is 22.4. The predicted octanol–water partition coefficient (Wildman–Crippen LogP) is 3.59. The first kappa shape index (κ1) is 28.2. The maximum atomic E-state index is 14.8. The number of likely N-dealkylation sites (tertiary alicyclic amines) is 1. The van der Waals surface area contributed by atoms with Crippen LogP contribution in [0.3, 0.4) is 0 Å². The quantitative estimate of drug-likeness (QED) is 0.443. The standard InChI is InChI=1S/C29H30F2N6O4/c1-19(38)27(39)37-11-9-26(29(30,31)18-37)41-25-7-2-20(16-21(25)17-32)24-8-10-33-28(35-24)34-22-3-5-23(6-4-22)36-12-14-40-15-13-36/h2-8,10,16,19,26,38H,9,11-15,18H2,1H3,(H,33,34,35). The number of hydrogen-bond donors (Lipinski definition) is 2. The van der Waals surface area contributed by atoms with Gasteiger partial charge in [-0.3, -0.25) is 4.79 Å². The van der Waals surface area contributed by atoms with Gasteiger partial charge in [0.25, 0.3) is 5.91 Å². The van der Waals surface area contributed by atoms with E-state index in [4.69, 9.17) is 9.47 Å². The van der Waals surface area contributed by atoms with Gasteiger partial charge in [0.2, 0.25) is 5.95 Å². The molecule has 3 heterocycles. The minimum Gasteiger partial charge on any atom is -0.483 e. The summed E-state index contributed by atoms with van der Waals surface area (Å²) in [7, 11) is 0. The maximum Gasteiger partial charge on any atom is 0.301 e. The van der Waals surface area contributed by atoms with E-state index in [2.05, 4.69) is 20.2 Å². The number of piperidine rings is 1. The minimum atomic E-state index is -3.36. The number of nitrogens with one attached hydrogen (secondary N) is 1. The second-order valence-electron chi connectivity index (χ2n) is 9.95. The zero-order valence-corrected chi connectivity index (χ0v) is 22.5. The number of morpholine rings is 1. The van der Waals surface area contributed by atoms with Crippen molar-refractivity contribution in [3.63, 3.8) is 0 Å². The summed E-state index contributed by atoms with van der Waals surface area (Å²) in [4.78, 5) is 24.0. The number of aromatic nitrogens is 2. The highest BCUT2D eigenvalue weighted by molar-refractivity contribution is 5.80. The molecular weight excluding hydrogens is 534 g/mol. The van der Waals surface area contributed by atoms with Gasteiger partial charge in [0.15, 0.2) is 6.10 Å². The van der Waals surface area contributed by atoms with Crippen LogP contribution in [-0.4, -0.2) is 83.4 Å². The summed E-state index contributed by atoms with van der Waals surface area (Å²) in [6.07, 6.45) is -1.44. The Morgan fingerprint density at radius 3 is 2.63 bits per heavy atom. The highest BCUT2D eigenvalue weighted by Crippen LogP contribution is 2.34. The predicted molar refractivity (Wildman–Crippen MR) is 147 cm³/mol. The van der Waals surface area contributed by atoms with E-state index in [1.807, 2.05) is 30.3 Å². The van der Waals surface area contributed by atoms with Crippen molar-refractivity contribution >= 4 is 23.2 Å². The summed E-state index contributed by atoms with van der Waals surface area (Å²) in [6.45, 7) is 3.49. The Morgan fingerprint density at radius 1 is 1.20 bits per heavy atom. The molecule has 10 nitrogen and oxygen atoms in total. The molecule has 5 rings (SSSR count). The summed E-state index contributed by atoms with van der Waals surface area (Å²) in [6, 6.07) is 16.3. The van der Waals surface area contributed by atoms with Crippen LogP contribution in [0.5, 0.6) is 5.75 Å². The molecule has 1 amide bonds. The van der Waals surface area contributed by atoms with Gasteiger partial charge in [-0.15, -0.1) is 0 Å². The van der Waals surface area contributed by atoms with E-state index < -0.39 is 30.6 Å². The second-order valence-corrected chi connectivity index (χ2v) is 9.95. The number of alkyl halides is 2. The van der Waals surface area contributed by atoms with E-state index in [9.17, 15) is 23.9 Å². The summed E-state index contributed by atoms with van der Waals surface area (Å²) >= 11 is 0. The average molecular weight is 565 g/mol. The van der Waals surface area contributed by atoms with Crippen molar-refractivity contribution < 1.29 is 28.2 Å². The lowest BCUT2D eigenvalue weighted by atomic mass is 10.0. The summed E-state index contributed by atoms with van der Waals surface area (Å²) in [5.41, 5.74) is 3.11. The number of halogens is 2. The molecule has 0 aliphatic carbocycles. The van der Waals surface area contributed by atoms with Crippen molar-refractivity contribution in [3.8, 4) is 23.1 Å². The van der Waals surface area contributed by atoms with Gasteiger partial charge < -0.3 is 29.7 Å². The Labute approximate surface area is 236 Å². The maximum absolute atomic E-state index is 14.8. The molecule has 12 heteroatoms. The molecular formula is C29H30F2N6O4. The number of nitriles is 1. The molecule has 2 fully saturated rings. The molecule has 2 aliphatic rings. The number of amides is 1. The van der Waals surface area contributed by atoms with Crippen LogP contribution in [-0.2, 0) is 9.53 Å². The third-order valence-electron chi connectivity index (χ3n) is 7.02. The number of rotatable bonds is 7. The number of benzene rings is 2. The molecule has 1 aromatic heterocycles. The number of ether oxygens (including phenoxy) is 2. The highest BCUT2D eigenvalue weighted by atomic mass is 19.3. The Morgan fingerprint density at radius 2 is 1.95 bits per heavy atom. The van der Waals surface area contributed by atoms with E-state index in [0.717, 1.165) is 29.4 Å². The van der Waals surface area contributed by atoms with Crippen LogP contribution in [0.25, 0.3) is 11.3 Å².